The molecule has 6 heteroatoms. The number of phenols is 1. The van der Waals surface area contributed by atoms with E-state index in [2.05, 4.69) is 5.32 Å². The fourth-order valence-electron chi connectivity index (χ4n) is 2.72. The Balaban J connectivity index is 1.89. The molecule has 3 aromatic rings. The largest absolute Gasteiger partial charge is 0.507 e. The van der Waals surface area contributed by atoms with Crippen LogP contribution in [-0.4, -0.2) is 25.2 Å². The topological polar surface area (TPSA) is 67.8 Å². The predicted molar refractivity (Wildman–Crippen MR) is 101 cm³/mol. The third kappa shape index (κ3) is 3.68. The lowest BCUT2D eigenvalue weighted by atomic mass is 10.0. The molecule has 0 aliphatic carbocycles. The Morgan fingerprint density at radius 1 is 1.08 bits per heavy atom. The SMILES string of the molecule is COc1cc(OC)c2c(O)cc(C(=O)NCc3ccc(Cl)cc3)cc2c1. The van der Waals surface area contributed by atoms with E-state index in [4.69, 9.17) is 21.1 Å². The lowest BCUT2D eigenvalue weighted by Gasteiger charge is -2.12. The summed E-state index contributed by atoms with van der Waals surface area (Å²) in [5.41, 5.74) is 1.27. The Labute approximate surface area is 156 Å². The number of hydrogen-bond acceptors (Lipinski definition) is 4. The molecule has 3 rings (SSSR count). The molecule has 26 heavy (non-hydrogen) atoms. The summed E-state index contributed by atoms with van der Waals surface area (Å²) in [6.07, 6.45) is 0. The summed E-state index contributed by atoms with van der Waals surface area (Å²) in [6.45, 7) is 0.357. The highest BCUT2D eigenvalue weighted by atomic mass is 35.5. The molecule has 5 nitrogen and oxygen atoms in total. The maximum absolute atomic E-state index is 12.5. The first-order chi connectivity index (χ1) is 12.5. The molecule has 0 heterocycles. The molecule has 0 bridgehead atoms. The minimum atomic E-state index is -0.293. The molecule has 2 N–H and O–H groups in total. The lowest BCUT2D eigenvalue weighted by Crippen LogP contribution is -2.22. The van der Waals surface area contributed by atoms with Gasteiger partial charge in [-0.05, 0) is 41.3 Å². The van der Waals surface area contributed by atoms with E-state index in [1.165, 1.54) is 13.2 Å². The summed E-state index contributed by atoms with van der Waals surface area (Å²) in [6, 6.07) is 13.8. The fraction of sp³-hybridized carbons (Fsp3) is 0.150. The van der Waals surface area contributed by atoms with E-state index >= 15 is 0 Å². The summed E-state index contributed by atoms with van der Waals surface area (Å²) < 4.78 is 10.6. The van der Waals surface area contributed by atoms with Crippen molar-refractivity contribution in [2.24, 2.45) is 0 Å². The number of aromatic hydroxyl groups is 1. The van der Waals surface area contributed by atoms with Crippen LogP contribution in [0.25, 0.3) is 10.8 Å². The molecule has 0 unspecified atom stereocenters. The van der Waals surface area contributed by atoms with Crippen molar-refractivity contribution >= 4 is 28.3 Å². The number of methoxy groups -OCH3 is 2. The van der Waals surface area contributed by atoms with E-state index in [-0.39, 0.29) is 11.7 Å². The highest BCUT2D eigenvalue weighted by Crippen LogP contribution is 2.37. The maximum atomic E-state index is 12.5. The second-order valence-corrected chi connectivity index (χ2v) is 6.17. The zero-order valence-corrected chi connectivity index (χ0v) is 15.1. The van der Waals surface area contributed by atoms with Crippen LogP contribution in [-0.2, 0) is 6.54 Å². The van der Waals surface area contributed by atoms with Gasteiger partial charge in [-0.15, -0.1) is 0 Å². The average molecular weight is 372 g/mol. The zero-order valence-electron chi connectivity index (χ0n) is 14.4. The fourth-order valence-corrected chi connectivity index (χ4v) is 2.85. The molecular weight excluding hydrogens is 354 g/mol. The number of ether oxygens (including phenoxy) is 2. The maximum Gasteiger partial charge on any atom is 0.251 e. The first-order valence-corrected chi connectivity index (χ1v) is 8.31. The van der Waals surface area contributed by atoms with Gasteiger partial charge in [0.1, 0.15) is 17.2 Å². The summed E-state index contributed by atoms with van der Waals surface area (Å²) in [5, 5.41) is 15.0. The number of halogens is 1. The normalized spacial score (nSPS) is 10.6. The van der Waals surface area contributed by atoms with Crippen LogP contribution in [0.15, 0.2) is 48.5 Å². The van der Waals surface area contributed by atoms with Crippen molar-refractivity contribution in [3.63, 3.8) is 0 Å². The van der Waals surface area contributed by atoms with E-state index in [1.54, 1.807) is 37.4 Å². The van der Waals surface area contributed by atoms with Gasteiger partial charge >= 0.3 is 0 Å². The van der Waals surface area contributed by atoms with Crippen LogP contribution >= 0.6 is 11.6 Å². The molecule has 0 spiro atoms. The number of benzene rings is 3. The molecule has 0 aromatic heterocycles. The third-order valence-corrected chi connectivity index (χ3v) is 4.30. The van der Waals surface area contributed by atoms with Gasteiger partial charge in [0.2, 0.25) is 0 Å². The highest BCUT2D eigenvalue weighted by Gasteiger charge is 2.14. The summed E-state index contributed by atoms with van der Waals surface area (Å²) >= 11 is 5.86. The standard InChI is InChI=1S/C20H18ClNO4/c1-25-16-8-13-7-14(9-17(23)19(13)18(10-16)26-2)20(24)22-11-12-3-5-15(21)6-4-12/h3-10,23H,11H2,1-2H3,(H,22,24). The van der Waals surface area contributed by atoms with E-state index in [0.717, 1.165) is 5.56 Å². The van der Waals surface area contributed by atoms with Gasteiger partial charge in [0.05, 0.1) is 19.6 Å². The van der Waals surface area contributed by atoms with Crippen molar-refractivity contribution in [1.82, 2.24) is 5.32 Å². The van der Waals surface area contributed by atoms with Gasteiger partial charge in [-0.25, -0.2) is 0 Å². The van der Waals surface area contributed by atoms with E-state index < -0.39 is 0 Å². The second kappa shape index (κ2) is 7.54. The van der Waals surface area contributed by atoms with Crippen molar-refractivity contribution in [3.05, 3.63) is 64.7 Å². The van der Waals surface area contributed by atoms with Crippen molar-refractivity contribution in [3.8, 4) is 17.2 Å². The Morgan fingerprint density at radius 2 is 1.81 bits per heavy atom. The number of rotatable bonds is 5. The summed E-state index contributed by atoms with van der Waals surface area (Å²) in [7, 11) is 3.06. The van der Waals surface area contributed by atoms with Crippen molar-refractivity contribution in [2.75, 3.05) is 14.2 Å². The predicted octanol–water partition coefficient (Wildman–Crippen LogP) is 4.15. The molecule has 0 radical (unpaired) electrons. The summed E-state index contributed by atoms with van der Waals surface area (Å²) in [4.78, 5) is 12.5. The number of fused-ring (bicyclic) bond motifs is 1. The van der Waals surface area contributed by atoms with Crippen LogP contribution in [0.1, 0.15) is 15.9 Å². The van der Waals surface area contributed by atoms with Crippen LogP contribution in [0.3, 0.4) is 0 Å². The molecule has 1 amide bonds. The number of carbonyl (C=O) groups excluding carboxylic acids is 1. The van der Waals surface area contributed by atoms with Crippen LogP contribution in [0.4, 0.5) is 0 Å². The van der Waals surface area contributed by atoms with Crippen molar-refractivity contribution < 1.29 is 19.4 Å². The second-order valence-electron chi connectivity index (χ2n) is 5.73. The van der Waals surface area contributed by atoms with Gasteiger partial charge in [-0.1, -0.05) is 23.7 Å². The molecule has 134 valence electrons. The highest BCUT2D eigenvalue weighted by molar-refractivity contribution is 6.30. The first-order valence-electron chi connectivity index (χ1n) is 7.93. The van der Waals surface area contributed by atoms with Crippen LogP contribution in [0.5, 0.6) is 17.2 Å². The van der Waals surface area contributed by atoms with Crippen LogP contribution in [0, 0.1) is 0 Å². The van der Waals surface area contributed by atoms with Crippen LogP contribution in [0.2, 0.25) is 5.02 Å². The van der Waals surface area contributed by atoms with Gasteiger partial charge in [0.15, 0.2) is 0 Å². The Hall–Kier alpha value is -2.92. The molecule has 0 aliphatic heterocycles. The average Bonchev–Trinajstić information content (AvgIpc) is 2.66. The van der Waals surface area contributed by atoms with Gasteiger partial charge in [0, 0.05) is 23.2 Å². The monoisotopic (exact) mass is 371 g/mol. The molecule has 0 fully saturated rings. The Morgan fingerprint density at radius 3 is 2.46 bits per heavy atom. The van der Waals surface area contributed by atoms with Gasteiger partial charge < -0.3 is 19.9 Å². The number of carbonyl (C=O) groups is 1. The zero-order chi connectivity index (χ0) is 18.7. The Bertz CT molecular complexity index is 954. The molecule has 0 saturated carbocycles. The lowest BCUT2D eigenvalue weighted by molar-refractivity contribution is 0.0950. The molecule has 0 aliphatic rings. The van der Waals surface area contributed by atoms with Crippen molar-refractivity contribution in [2.45, 2.75) is 6.54 Å². The molecule has 0 saturated heterocycles. The van der Waals surface area contributed by atoms with Crippen molar-refractivity contribution in [1.29, 1.82) is 0 Å². The quantitative estimate of drug-likeness (QED) is 0.707. The minimum Gasteiger partial charge on any atom is -0.507 e. The van der Waals surface area contributed by atoms with E-state index in [9.17, 15) is 9.90 Å². The van der Waals surface area contributed by atoms with Gasteiger partial charge in [-0.2, -0.15) is 0 Å². The number of phenolic OH excluding ortho intramolecular Hbond substituents is 1. The minimum absolute atomic E-state index is 0.0290. The number of nitrogens with one attached hydrogen (secondary N) is 1. The molecule has 3 aromatic carbocycles. The van der Waals surface area contributed by atoms with Gasteiger partial charge in [-0.3, -0.25) is 4.79 Å². The Kier molecular flexibility index (Phi) is 5.19. The smallest absolute Gasteiger partial charge is 0.251 e. The van der Waals surface area contributed by atoms with E-state index in [1.807, 2.05) is 12.1 Å². The molecular formula is C20H18ClNO4. The number of amides is 1. The van der Waals surface area contributed by atoms with Crippen LogP contribution < -0.4 is 14.8 Å². The third-order valence-electron chi connectivity index (χ3n) is 4.05. The number of hydrogen-bond donors (Lipinski definition) is 2. The molecule has 0 atom stereocenters. The summed E-state index contributed by atoms with van der Waals surface area (Å²) in [5.74, 6) is 0.732. The van der Waals surface area contributed by atoms with Gasteiger partial charge in [0.25, 0.3) is 5.91 Å². The van der Waals surface area contributed by atoms with E-state index in [0.29, 0.717) is 39.4 Å². The first kappa shape index (κ1) is 17.9.